The third kappa shape index (κ3) is 2.34. The molecule has 0 aliphatic rings. The van der Waals surface area contributed by atoms with E-state index in [2.05, 4.69) is 9.97 Å². The van der Waals surface area contributed by atoms with E-state index in [-0.39, 0.29) is 5.95 Å². The lowest BCUT2D eigenvalue weighted by molar-refractivity contribution is 0.339. The van der Waals surface area contributed by atoms with Gasteiger partial charge in [0.2, 0.25) is 5.89 Å². The molecule has 0 saturated heterocycles. The minimum absolute atomic E-state index is 0.217. The highest BCUT2D eigenvalue weighted by Gasteiger charge is 2.17. The van der Waals surface area contributed by atoms with Gasteiger partial charge in [-0.25, -0.2) is 9.97 Å². The van der Waals surface area contributed by atoms with Crippen LogP contribution in [0.2, 0.25) is 0 Å². The maximum absolute atomic E-state index is 10.1. The van der Waals surface area contributed by atoms with E-state index in [4.69, 9.17) is 4.42 Å². The van der Waals surface area contributed by atoms with Gasteiger partial charge in [-0.3, -0.25) is 0 Å². The van der Waals surface area contributed by atoms with Crippen molar-refractivity contribution in [2.24, 2.45) is 0 Å². The van der Waals surface area contributed by atoms with Gasteiger partial charge in [0.1, 0.15) is 0 Å². The number of hydrogen-bond acceptors (Lipinski definition) is 4. The summed E-state index contributed by atoms with van der Waals surface area (Å²) in [6.07, 6.45) is 0. The molecular formula is C19H14N2O2. The molecule has 0 atom stereocenters. The topological polar surface area (TPSA) is 59.2 Å². The number of hydrogen-bond donors (Lipinski definition) is 1. The molecule has 2 aromatic heterocycles. The zero-order valence-electron chi connectivity index (χ0n) is 12.5. The molecule has 23 heavy (non-hydrogen) atoms. The number of benzene rings is 2. The van der Waals surface area contributed by atoms with Crippen molar-refractivity contribution in [3.05, 3.63) is 66.2 Å². The first-order valence-electron chi connectivity index (χ1n) is 7.34. The van der Waals surface area contributed by atoms with Gasteiger partial charge in [0.25, 0.3) is 0 Å². The van der Waals surface area contributed by atoms with Crippen LogP contribution in [0.1, 0.15) is 5.56 Å². The van der Waals surface area contributed by atoms with Crippen molar-refractivity contribution in [2.45, 2.75) is 6.92 Å². The average molecular weight is 302 g/mol. The molecule has 2 aromatic carbocycles. The number of fused-ring (bicyclic) bond motifs is 1. The van der Waals surface area contributed by atoms with Gasteiger partial charge in [0, 0.05) is 10.9 Å². The Labute approximate surface area is 133 Å². The zero-order valence-corrected chi connectivity index (χ0v) is 12.5. The van der Waals surface area contributed by atoms with Gasteiger partial charge in [-0.2, -0.15) is 0 Å². The number of aromatic nitrogens is 2. The van der Waals surface area contributed by atoms with Gasteiger partial charge < -0.3 is 9.52 Å². The predicted octanol–water partition coefficient (Wildman–Crippen LogP) is 4.57. The molecule has 112 valence electrons. The van der Waals surface area contributed by atoms with Crippen molar-refractivity contribution in [1.82, 2.24) is 9.97 Å². The number of aromatic hydroxyl groups is 1. The lowest BCUT2D eigenvalue weighted by Crippen LogP contribution is -1.89. The Bertz CT molecular complexity index is 991. The first-order valence-corrected chi connectivity index (χ1v) is 7.34. The number of aryl methyl sites for hydroxylation is 1. The quantitative estimate of drug-likeness (QED) is 0.589. The van der Waals surface area contributed by atoms with Crippen molar-refractivity contribution in [3.8, 4) is 28.8 Å². The SMILES string of the molecule is Cc1cc(-c2nc(-c3ccccc3)oc2O)nc2ccccc12. The standard InChI is InChI=1S/C19H14N2O2/c1-12-11-16(20-15-10-6-5-9-14(12)15)17-19(22)23-18(21-17)13-7-3-2-4-8-13/h2-11,22H,1H3. The molecule has 0 unspecified atom stereocenters. The maximum Gasteiger partial charge on any atom is 0.313 e. The number of pyridine rings is 1. The highest BCUT2D eigenvalue weighted by atomic mass is 16.5. The van der Waals surface area contributed by atoms with Crippen LogP contribution in [0, 0.1) is 6.92 Å². The molecule has 4 rings (SSSR count). The van der Waals surface area contributed by atoms with E-state index in [0.717, 1.165) is 22.0 Å². The largest absolute Gasteiger partial charge is 0.479 e. The smallest absolute Gasteiger partial charge is 0.313 e. The number of nitrogens with zero attached hydrogens (tertiary/aromatic N) is 2. The second kappa shape index (κ2) is 5.25. The van der Waals surface area contributed by atoms with Gasteiger partial charge >= 0.3 is 5.95 Å². The van der Waals surface area contributed by atoms with E-state index in [1.807, 2.05) is 67.6 Å². The molecule has 2 heterocycles. The maximum atomic E-state index is 10.1. The van der Waals surface area contributed by atoms with E-state index in [1.165, 1.54) is 0 Å². The predicted molar refractivity (Wildman–Crippen MR) is 89.1 cm³/mol. The fraction of sp³-hybridized carbons (Fsp3) is 0.0526. The molecule has 0 spiro atoms. The van der Waals surface area contributed by atoms with Crippen molar-refractivity contribution in [1.29, 1.82) is 0 Å². The summed E-state index contributed by atoms with van der Waals surface area (Å²) >= 11 is 0. The van der Waals surface area contributed by atoms with E-state index in [9.17, 15) is 5.11 Å². The molecule has 0 bridgehead atoms. The lowest BCUT2D eigenvalue weighted by Gasteiger charge is -2.04. The van der Waals surface area contributed by atoms with Crippen LogP contribution in [0.15, 0.2) is 65.1 Å². The van der Waals surface area contributed by atoms with Gasteiger partial charge in [0.05, 0.1) is 11.2 Å². The van der Waals surface area contributed by atoms with Crippen LogP contribution in [-0.2, 0) is 0 Å². The Morgan fingerprint density at radius 3 is 2.48 bits per heavy atom. The van der Waals surface area contributed by atoms with Crippen LogP contribution in [0.4, 0.5) is 0 Å². The lowest BCUT2D eigenvalue weighted by atomic mass is 10.1. The Morgan fingerprint density at radius 1 is 0.913 bits per heavy atom. The summed E-state index contributed by atoms with van der Waals surface area (Å²) in [5, 5.41) is 11.2. The first kappa shape index (κ1) is 13.5. The Morgan fingerprint density at radius 2 is 1.65 bits per heavy atom. The normalized spacial score (nSPS) is 11.0. The summed E-state index contributed by atoms with van der Waals surface area (Å²) in [6.45, 7) is 2.02. The highest BCUT2D eigenvalue weighted by Crippen LogP contribution is 2.34. The van der Waals surface area contributed by atoms with Crippen LogP contribution in [0.3, 0.4) is 0 Å². The second-order valence-electron chi connectivity index (χ2n) is 5.38. The fourth-order valence-corrected chi connectivity index (χ4v) is 2.65. The third-order valence-corrected chi connectivity index (χ3v) is 3.80. The van der Waals surface area contributed by atoms with E-state index in [1.54, 1.807) is 0 Å². The first-order chi connectivity index (χ1) is 11.2. The summed E-state index contributed by atoms with van der Waals surface area (Å²) in [4.78, 5) is 9.01. The number of rotatable bonds is 2. The summed E-state index contributed by atoms with van der Waals surface area (Å²) < 4.78 is 5.41. The molecule has 4 aromatic rings. The Hall–Kier alpha value is -3.14. The highest BCUT2D eigenvalue weighted by molar-refractivity contribution is 5.85. The van der Waals surface area contributed by atoms with Crippen LogP contribution in [0.5, 0.6) is 5.95 Å². The summed E-state index contributed by atoms with van der Waals surface area (Å²) in [5.74, 6) is 0.164. The minimum atomic E-state index is -0.217. The monoisotopic (exact) mass is 302 g/mol. The fourth-order valence-electron chi connectivity index (χ4n) is 2.65. The number of para-hydroxylation sites is 1. The second-order valence-corrected chi connectivity index (χ2v) is 5.38. The molecule has 0 saturated carbocycles. The van der Waals surface area contributed by atoms with Crippen LogP contribution < -0.4 is 0 Å². The Balaban J connectivity index is 1.87. The molecular weight excluding hydrogens is 288 g/mol. The molecule has 4 heteroatoms. The molecule has 4 nitrogen and oxygen atoms in total. The molecule has 0 amide bonds. The van der Waals surface area contributed by atoms with E-state index < -0.39 is 0 Å². The van der Waals surface area contributed by atoms with Crippen molar-refractivity contribution in [2.75, 3.05) is 0 Å². The number of oxazole rings is 1. The molecule has 0 aliphatic heterocycles. The zero-order chi connectivity index (χ0) is 15.8. The molecule has 0 radical (unpaired) electrons. The average Bonchev–Trinajstić information content (AvgIpc) is 2.97. The molecule has 1 N–H and O–H groups in total. The Kier molecular flexibility index (Phi) is 3.08. The summed E-state index contributed by atoms with van der Waals surface area (Å²) in [7, 11) is 0. The van der Waals surface area contributed by atoms with Gasteiger partial charge in [-0.1, -0.05) is 36.4 Å². The summed E-state index contributed by atoms with van der Waals surface area (Å²) in [6, 6.07) is 19.3. The van der Waals surface area contributed by atoms with Crippen molar-refractivity contribution in [3.63, 3.8) is 0 Å². The van der Waals surface area contributed by atoms with Gasteiger partial charge in [0.15, 0.2) is 5.69 Å². The molecule has 0 fully saturated rings. The van der Waals surface area contributed by atoms with E-state index in [0.29, 0.717) is 17.3 Å². The van der Waals surface area contributed by atoms with Crippen molar-refractivity contribution >= 4 is 10.9 Å². The van der Waals surface area contributed by atoms with Crippen LogP contribution in [-0.4, -0.2) is 15.1 Å². The summed E-state index contributed by atoms with van der Waals surface area (Å²) in [5.41, 5.74) is 3.72. The van der Waals surface area contributed by atoms with Crippen LogP contribution in [0.25, 0.3) is 33.7 Å². The van der Waals surface area contributed by atoms with E-state index >= 15 is 0 Å². The van der Waals surface area contributed by atoms with Gasteiger partial charge in [-0.05, 0) is 36.8 Å². The third-order valence-electron chi connectivity index (χ3n) is 3.80. The van der Waals surface area contributed by atoms with Gasteiger partial charge in [-0.15, -0.1) is 0 Å². The van der Waals surface area contributed by atoms with Crippen molar-refractivity contribution < 1.29 is 9.52 Å². The minimum Gasteiger partial charge on any atom is -0.479 e. The molecule has 0 aliphatic carbocycles. The van der Waals surface area contributed by atoms with Crippen LogP contribution >= 0.6 is 0 Å².